The highest BCUT2D eigenvalue weighted by Crippen LogP contribution is 2.21. The Labute approximate surface area is 109 Å². The van der Waals surface area contributed by atoms with Crippen LogP contribution in [0.25, 0.3) is 0 Å². The van der Waals surface area contributed by atoms with Crippen molar-refractivity contribution in [2.45, 2.75) is 31.8 Å². The van der Waals surface area contributed by atoms with Crippen molar-refractivity contribution in [2.75, 3.05) is 0 Å². The molecule has 1 heterocycles. The van der Waals surface area contributed by atoms with E-state index in [-0.39, 0.29) is 5.25 Å². The number of hydrogen-bond donors (Lipinski definition) is 0. The molecule has 1 aromatic carbocycles. The second-order valence-electron chi connectivity index (χ2n) is 4.27. The number of benzene rings is 1. The predicted octanol–water partition coefficient (Wildman–Crippen LogP) is 2.70. The lowest BCUT2D eigenvalue weighted by Gasteiger charge is -2.08. The van der Waals surface area contributed by atoms with Crippen molar-refractivity contribution >= 4 is 10.8 Å². The second-order valence-corrected chi connectivity index (χ2v) is 6.03. The minimum absolute atomic E-state index is 0.245. The van der Waals surface area contributed by atoms with Gasteiger partial charge in [0.1, 0.15) is 5.25 Å². The fourth-order valence-corrected chi connectivity index (χ4v) is 2.84. The molecule has 0 amide bonds. The van der Waals surface area contributed by atoms with E-state index in [1.165, 1.54) is 0 Å². The van der Waals surface area contributed by atoms with Gasteiger partial charge in [-0.1, -0.05) is 29.4 Å². The monoisotopic (exact) mass is 264 g/mol. The van der Waals surface area contributed by atoms with Gasteiger partial charge in [0.05, 0.1) is 0 Å². The van der Waals surface area contributed by atoms with Crippen LogP contribution in [-0.4, -0.2) is 14.3 Å². The Hall–Kier alpha value is -1.49. The molecule has 2 aromatic rings. The van der Waals surface area contributed by atoms with Crippen LogP contribution in [0, 0.1) is 13.8 Å². The molecule has 5 heteroatoms. The molecule has 0 fully saturated rings. The summed E-state index contributed by atoms with van der Waals surface area (Å²) in [5.74, 6) is 1.53. The quantitative estimate of drug-likeness (QED) is 0.852. The lowest BCUT2D eigenvalue weighted by molar-refractivity contribution is 0.375. The van der Waals surface area contributed by atoms with E-state index < -0.39 is 10.8 Å². The molecule has 1 aromatic heterocycles. The Morgan fingerprint density at radius 2 is 2.06 bits per heavy atom. The zero-order valence-electron chi connectivity index (χ0n) is 10.7. The summed E-state index contributed by atoms with van der Waals surface area (Å²) in [6.07, 6.45) is 0. The lowest BCUT2D eigenvalue weighted by Crippen LogP contribution is -2.06. The number of rotatable bonds is 4. The summed E-state index contributed by atoms with van der Waals surface area (Å²) >= 11 is 0. The summed E-state index contributed by atoms with van der Waals surface area (Å²) in [6, 6.07) is 7.96. The highest BCUT2D eigenvalue weighted by molar-refractivity contribution is 7.84. The summed E-state index contributed by atoms with van der Waals surface area (Å²) in [5, 5.41) is 3.48. The van der Waals surface area contributed by atoms with Crippen LogP contribution in [0.15, 0.2) is 28.8 Å². The molecular weight excluding hydrogens is 248 g/mol. The molecule has 0 N–H and O–H groups in total. The normalized spacial score (nSPS) is 14.4. The van der Waals surface area contributed by atoms with Crippen LogP contribution in [0.1, 0.15) is 35.0 Å². The first-order valence-electron chi connectivity index (χ1n) is 5.80. The van der Waals surface area contributed by atoms with Crippen LogP contribution >= 0.6 is 0 Å². The van der Waals surface area contributed by atoms with Gasteiger partial charge in [-0.2, -0.15) is 4.98 Å². The molecule has 0 saturated heterocycles. The van der Waals surface area contributed by atoms with Crippen LogP contribution in [0.3, 0.4) is 0 Å². The molecule has 2 atom stereocenters. The number of aromatic nitrogens is 2. The summed E-state index contributed by atoms with van der Waals surface area (Å²) in [5.41, 5.74) is 2.25. The van der Waals surface area contributed by atoms with Gasteiger partial charge in [-0.25, -0.2) is 0 Å². The van der Waals surface area contributed by atoms with E-state index in [4.69, 9.17) is 4.52 Å². The molecule has 0 spiro atoms. The van der Waals surface area contributed by atoms with Crippen molar-refractivity contribution in [1.29, 1.82) is 0 Å². The molecule has 0 aliphatic heterocycles. The van der Waals surface area contributed by atoms with E-state index in [1.807, 2.05) is 38.1 Å². The Morgan fingerprint density at radius 3 is 2.67 bits per heavy atom. The molecule has 0 bridgehead atoms. The highest BCUT2D eigenvalue weighted by atomic mass is 32.2. The van der Waals surface area contributed by atoms with E-state index in [0.29, 0.717) is 17.5 Å². The largest absolute Gasteiger partial charge is 0.338 e. The van der Waals surface area contributed by atoms with Gasteiger partial charge < -0.3 is 4.52 Å². The summed E-state index contributed by atoms with van der Waals surface area (Å²) in [7, 11) is -1.06. The number of hydrogen-bond acceptors (Lipinski definition) is 4. The van der Waals surface area contributed by atoms with E-state index >= 15 is 0 Å². The molecule has 18 heavy (non-hydrogen) atoms. The predicted molar refractivity (Wildman–Crippen MR) is 70.5 cm³/mol. The number of aryl methyl sites for hydroxylation is 2. The molecule has 0 aliphatic carbocycles. The first-order valence-corrected chi connectivity index (χ1v) is 7.18. The number of nitrogens with zero attached hydrogens (tertiary/aromatic N) is 2. The SMILES string of the molecule is Cc1noc(C(C)S(=O)Cc2ccccc2C)n1. The molecule has 4 nitrogen and oxygen atoms in total. The van der Waals surface area contributed by atoms with Gasteiger partial charge in [0.2, 0.25) is 5.89 Å². The van der Waals surface area contributed by atoms with Crippen LogP contribution in [-0.2, 0) is 16.6 Å². The fraction of sp³-hybridized carbons (Fsp3) is 0.385. The minimum atomic E-state index is -1.06. The molecular formula is C13H16N2O2S. The van der Waals surface area contributed by atoms with Gasteiger partial charge >= 0.3 is 0 Å². The van der Waals surface area contributed by atoms with Crippen molar-refractivity contribution < 1.29 is 8.73 Å². The third kappa shape index (κ3) is 2.85. The molecule has 0 radical (unpaired) electrons. The first-order chi connectivity index (χ1) is 8.58. The summed E-state index contributed by atoms with van der Waals surface area (Å²) in [6.45, 7) is 5.62. The van der Waals surface area contributed by atoms with E-state index in [2.05, 4.69) is 10.1 Å². The van der Waals surface area contributed by atoms with E-state index in [0.717, 1.165) is 11.1 Å². The first kappa shape index (κ1) is 13.0. The van der Waals surface area contributed by atoms with Gasteiger partial charge in [0.15, 0.2) is 5.82 Å². The van der Waals surface area contributed by atoms with E-state index in [1.54, 1.807) is 6.92 Å². The second kappa shape index (κ2) is 5.44. The Bertz CT molecular complexity index is 566. The van der Waals surface area contributed by atoms with Crippen LogP contribution in [0.2, 0.25) is 0 Å². The zero-order chi connectivity index (χ0) is 13.1. The van der Waals surface area contributed by atoms with Gasteiger partial charge in [-0.3, -0.25) is 4.21 Å². The summed E-state index contributed by atoms with van der Waals surface area (Å²) in [4.78, 5) is 4.12. The van der Waals surface area contributed by atoms with Crippen molar-refractivity contribution in [3.8, 4) is 0 Å². The van der Waals surface area contributed by atoms with Crippen molar-refractivity contribution in [2.24, 2.45) is 0 Å². The van der Waals surface area contributed by atoms with Crippen molar-refractivity contribution in [3.05, 3.63) is 47.1 Å². The molecule has 0 saturated carbocycles. The maximum Gasteiger partial charge on any atom is 0.242 e. The van der Waals surface area contributed by atoms with E-state index in [9.17, 15) is 4.21 Å². The standard InChI is InChI=1S/C13H16N2O2S/c1-9-6-4-5-7-12(9)8-18(16)10(2)13-14-11(3)15-17-13/h4-7,10H,8H2,1-3H3. The maximum atomic E-state index is 12.3. The van der Waals surface area contributed by atoms with Crippen LogP contribution < -0.4 is 0 Å². The molecule has 2 rings (SSSR count). The summed E-state index contributed by atoms with van der Waals surface area (Å²) < 4.78 is 17.3. The van der Waals surface area contributed by atoms with Gasteiger partial charge in [0, 0.05) is 16.6 Å². The van der Waals surface area contributed by atoms with Crippen LogP contribution in [0.5, 0.6) is 0 Å². The van der Waals surface area contributed by atoms with Gasteiger partial charge in [-0.15, -0.1) is 0 Å². The highest BCUT2D eigenvalue weighted by Gasteiger charge is 2.20. The average molecular weight is 264 g/mol. The minimum Gasteiger partial charge on any atom is -0.338 e. The topological polar surface area (TPSA) is 56.0 Å². The zero-order valence-corrected chi connectivity index (χ0v) is 11.5. The average Bonchev–Trinajstić information content (AvgIpc) is 2.78. The Balaban J connectivity index is 2.11. The Morgan fingerprint density at radius 1 is 1.33 bits per heavy atom. The Kier molecular flexibility index (Phi) is 3.91. The maximum absolute atomic E-state index is 12.3. The lowest BCUT2D eigenvalue weighted by atomic mass is 10.1. The molecule has 0 aliphatic rings. The third-order valence-corrected chi connectivity index (χ3v) is 4.43. The van der Waals surface area contributed by atoms with Gasteiger partial charge in [0.25, 0.3) is 0 Å². The molecule has 2 unspecified atom stereocenters. The smallest absolute Gasteiger partial charge is 0.242 e. The van der Waals surface area contributed by atoms with Crippen molar-refractivity contribution in [1.82, 2.24) is 10.1 Å². The third-order valence-electron chi connectivity index (χ3n) is 2.84. The molecule has 96 valence electrons. The fourth-order valence-electron chi connectivity index (χ4n) is 1.64. The van der Waals surface area contributed by atoms with Gasteiger partial charge in [-0.05, 0) is 31.9 Å². The van der Waals surface area contributed by atoms with Crippen LogP contribution in [0.4, 0.5) is 0 Å². The van der Waals surface area contributed by atoms with Crippen molar-refractivity contribution in [3.63, 3.8) is 0 Å².